The molecule has 0 N–H and O–H groups in total. The van der Waals surface area contributed by atoms with Crippen LogP contribution in [0.5, 0.6) is 0 Å². The molecule has 0 aliphatic carbocycles. The van der Waals surface area contributed by atoms with Gasteiger partial charge in [-0.25, -0.2) is 4.98 Å². The predicted molar refractivity (Wildman–Crippen MR) is 77.4 cm³/mol. The molecule has 0 aliphatic heterocycles. The molecule has 0 saturated carbocycles. The molecule has 2 aromatic carbocycles. The maximum Gasteiger partial charge on any atom is 0.227 e. The van der Waals surface area contributed by atoms with Crippen LogP contribution in [0.25, 0.3) is 22.8 Å². The third-order valence-electron chi connectivity index (χ3n) is 3.10. The van der Waals surface area contributed by atoms with Crippen molar-refractivity contribution in [2.45, 2.75) is 6.92 Å². The lowest BCUT2D eigenvalue weighted by molar-refractivity contribution is 0.101. The van der Waals surface area contributed by atoms with Crippen molar-refractivity contribution in [3.63, 3.8) is 0 Å². The first-order valence-corrected chi connectivity index (χ1v) is 6.37. The van der Waals surface area contributed by atoms with Crippen molar-refractivity contribution in [2.24, 2.45) is 0 Å². The molecule has 1 aromatic heterocycles. The van der Waals surface area contributed by atoms with Crippen LogP contribution in [0.15, 0.2) is 65.2 Å². The Hall–Kier alpha value is -2.68. The fourth-order valence-corrected chi connectivity index (χ4v) is 2.11. The lowest BCUT2D eigenvalue weighted by Gasteiger charge is -2.02. The zero-order valence-electron chi connectivity index (χ0n) is 11.0. The van der Waals surface area contributed by atoms with Gasteiger partial charge in [-0.1, -0.05) is 48.5 Å². The van der Waals surface area contributed by atoms with Crippen molar-refractivity contribution >= 4 is 5.78 Å². The minimum Gasteiger partial charge on any atom is -0.436 e. The average molecular weight is 263 g/mol. The fraction of sp³-hybridized carbons (Fsp3) is 0.0588. The Morgan fingerprint density at radius 2 is 1.70 bits per heavy atom. The molecule has 0 saturated heterocycles. The second-order valence-corrected chi connectivity index (χ2v) is 4.50. The number of nitrogens with zero attached hydrogens (tertiary/aromatic N) is 1. The second-order valence-electron chi connectivity index (χ2n) is 4.50. The van der Waals surface area contributed by atoms with E-state index in [4.69, 9.17) is 4.42 Å². The number of hydrogen-bond donors (Lipinski definition) is 0. The van der Waals surface area contributed by atoms with Crippen molar-refractivity contribution in [3.05, 3.63) is 66.4 Å². The Labute approximate surface area is 116 Å². The first-order chi connectivity index (χ1) is 9.75. The number of ketones is 1. The van der Waals surface area contributed by atoms with Gasteiger partial charge in [-0.15, -0.1) is 0 Å². The summed E-state index contributed by atoms with van der Waals surface area (Å²) in [4.78, 5) is 15.9. The number of aromatic nitrogens is 1. The molecule has 98 valence electrons. The van der Waals surface area contributed by atoms with E-state index in [9.17, 15) is 4.79 Å². The molecule has 20 heavy (non-hydrogen) atoms. The van der Waals surface area contributed by atoms with E-state index >= 15 is 0 Å². The highest BCUT2D eigenvalue weighted by molar-refractivity contribution is 5.99. The number of Topliss-reactive ketones (excluding diaryl/α,β-unsaturated/α-hetero) is 1. The van der Waals surface area contributed by atoms with Gasteiger partial charge in [0.05, 0.1) is 6.20 Å². The summed E-state index contributed by atoms with van der Waals surface area (Å²) in [5.74, 6) is 1.16. The Morgan fingerprint density at radius 1 is 1.00 bits per heavy atom. The van der Waals surface area contributed by atoms with Crippen molar-refractivity contribution in [1.29, 1.82) is 0 Å². The molecular weight excluding hydrogens is 250 g/mol. The third kappa shape index (κ3) is 2.26. The quantitative estimate of drug-likeness (QED) is 0.665. The van der Waals surface area contributed by atoms with Crippen molar-refractivity contribution in [1.82, 2.24) is 4.98 Å². The minimum atomic E-state index is 0.0000566. The standard InChI is InChI=1S/C17H13NO2/c1-12(19)14-9-5-6-10-15(14)17-18-11-16(20-17)13-7-3-2-4-8-13/h2-11H,1H3. The summed E-state index contributed by atoms with van der Waals surface area (Å²) in [6.07, 6.45) is 1.68. The van der Waals surface area contributed by atoms with E-state index < -0.39 is 0 Å². The van der Waals surface area contributed by atoms with E-state index in [1.165, 1.54) is 0 Å². The Bertz CT molecular complexity index is 744. The fourth-order valence-electron chi connectivity index (χ4n) is 2.11. The van der Waals surface area contributed by atoms with E-state index in [1.807, 2.05) is 48.5 Å². The van der Waals surface area contributed by atoms with Crippen molar-refractivity contribution < 1.29 is 9.21 Å². The zero-order chi connectivity index (χ0) is 13.9. The van der Waals surface area contributed by atoms with Crippen LogP contribution in [-0.4, -0.2) is 10.8 Å². The van der Waals surface area contributed by atoms with E-state index in [0.29, 0.717) is 17.2 Å². The smallest absolute Gasteiger partial charge is 0.227 e. The third-order valence-corrected chi connectivity index (χ3v) is 3.10. The lowest BCUT2D eigenvalue weighted by atomic mass is 10.0. The number of carbonyl (C=O) groups excluding carboxylic acids is 1. The molecule has 3 rings (SSSR count). The highest BCUT2D eigenvalue weighted by Gasteiger charge is 2.14. The Balaban J connectivity index is 2.05. The molecule has 0 amide bonds. The molecule has 0 bridgehead atoms. The van der Waals surface area contributed by atoms with E-state index in [0.717, 1.165) is 11.1 Å². The van der Waals surface area contributed by atoms with Gasteiger partial charge in [0.2, 0.25) is 5.89 Å². The van der Waals surface area contributed by atoms with Gasteiger partial charge in [0.25, 0.3) is 0 Å². The van der Waals surface area contributed by atoms with Crippen LogP contribution in [0.2, 0.25) is 0 Å². The number of hydrogen-bond acceptors (Lipinski definition) is 3. The van der Waals surface area contributed by atoms with Crippen molar-refractivity contribution in [3.8, 4) is 22.8 Å². The normalized spacial score (nSPS) is 10.4. The van der Waals surface area contributed by atoms with Gasteiger partial charge in [-0.3, -0.25) is 4.79 Å². The van der Waals surface area contributed by atoms with Crippen LogP contribution in [0.1, 0.15) is 17.3 Å². The van der Waals surface area contributed by atoms with Gasteiger partial charge in [0.15, 0.2) is 11.5 Å². The van der Waals surface area contributed by atoms with Crippen LogP contribution in [0, 0.1) is 0 Å². The maximum atomic E-state index is 11.6. The van der Waals surface area contributed by atoms with Gasteiger partial charge in [-0.05, 0) is 13.0 Å². The molecule has 0 fully saturated rings. The number of benzene rings is 2. The van der Waals surface area contributed by atoms with Crippen LogP contribution in [0.4, 0.5) is 0 Å². The van der Waals surface area contributed by atoms with E-state index in [1.54, 1.807) is 19.2 Å². The summed E-state index contributed by atoms with van der Waals surface area (Å²) in [5, 5.41) is 0. The van der Waals surface area contributed by atoms with E-state index in [-0.39, 0.29) is 5.78 Å². The van der Waals surface area contributed by atoms with Crippen LogP contribution in [-0.2, 0) is 0 Å². The highest BCUT2D eigenvalue weighted by atomic mass is 16.4. The predicted octanol–water partition coefficient (Wildman–Crippen LogP) is 4.21. The van der Waals surface area contributed by atoms with Gasteiger partial charge in [-0.2, -0.15) is 0 Å². The minimum absolute atomic E-state index is 0.0000566. The average Bonchev–Trinajstić information content (AvgIpc) is 2.98. The largest absolute Gasteiger partial charge is 0.436 e. The molecule has 1 heterocycles. The number of oxazole rings is 1. The Morgan fingerprint density at radius 3 is 2.45 bits per heavy atom. The number of carbonyl (C=O) groups is 1. The topological polar surface area (TPSA) is 43.1 Å². The summed E-state index contributed by atoms with van der Waals surface area (Å²) < 4.78 is 5.78. The molecule has 0 radical (unpaired) electrons. The summed E-state index contributed by atoms with van der Waals surface area (Å²) >= 11 is 0. The molecule has 3 nitrogen and oxygen atoms in total. The molecule has 3 heteroatoms. The molecule has 0 spiro atoms. The van der Waals surface area contributed by atoms with Gasteiger partial charge in [0, 0.05) is 16.7 Å². The van der Waals surface area contributed by atoms with Crippen LogP contribution < -0.4 is 0 Å². The second kappa shape index (κ2) is 5.13. The van der Waals surface area contributed by atoms with Gasteiger partial charge < -0.3 is 4.42 Å². The van der Waals surface area contributed by atoms with E-state index in [2.05, 4.69) is 4.98 Å². The Kier molecular flexibility index (Phi) is 3.17. The lowest BCUT2D eigenvalue weighted by Crippen LogP contribution is -1.95. The molecular formula is C17H13NO2. The molecule has 0 unspecified atom stereocenters. The SMILES string of the molecule is CC(=O)c1ccccc1-c1ncc(-c2ccccc2)o1. The zero-order valence-corrected chi connectivity index (χ0v) is 11.0. The summed E-state index contributed by atoms with van der Waals surface area (Å²) in [7, 11) is 0. The first-order valence-electron chi connectivity index (χ1n) is 6.37. The van der Waals surface area contributed by atoms with Gasteiger partial charge in [0.1, 0.15) is 0 Å². The van der Waals surface area contributed by atoms with Crippen LogP contribution >= 0.6 is 0 Å². The summed E-state index contributed by atoms with van der Waals surface area (Å²) in [5.41, 5.74) is 2.31. The summed E-state index contributed by atoms with van der Waals surface area (Å²) in [6, 6.07) is 17.1. The maximum absolute atomic E-state index is 11.6. The molecule has 0 atom stereocenters. The first kappa shape index (κ1) is 12.4. The molecule has 0 aliphatic rings. The highest BCUT2D eigenvalue weighted by Crippen LogP contribution is 2.28. The van der Waals surface area contributed by atoms with Crippen molar-refractivity contribution in [2.75, 3.05) is 0 Å². The summed E-state index contributed by atoms with van der Waals surface area (Å²) in [6.45, 7) is 1.54. The number of rotatable bonds is 3. The molecule has 3 aromatic rings. The monoisotopic (exact) mass is 263 g/mol. The van der Waals surface area contributed by atoms with Crippen LogP contribution in [0.3, 0.4) is 0 Å². The van der Waals surface area contributed by atoms with Gasteiger partial charge >= 0.3 is 0 Å².